The molecule has 6 heteroatoms. The van der Waals surface area contributed by atoms with Gasteiger partial charge in [-0.05, 0) is 25.5 Å². The van der Waals surface area contributed by atoms with Gasteiger partial charge in [-0.1, -0.05) is 42.5 Å². The van der Waals surface area contributed by atoms with E-state index in [9.17, 15) is 4.79 Å². The third-order valence-corrected chi connectivity index (χ3v) is 5.23. The molecule has 4 rings (SSSR count). The molecule has 144 valence electrons. The van der Waals surface area contributed by atoms with Crippen LogP contribution in [-0.2, 0) is 4.79 Å². The molecule has 1 amide bonds. The summed E-state index contributed by atoms with van der Waals surface area (Å²) in [7, 11) is 0. The Labute approximate surface area is 170 Å². The number of carbonyl (C=O) groups is 1. The molecule has 1 aliphatic rings. The standard InChI is InChI=1S/C22H23ClN4O/c1-16(23)22(28)27-13-7-12-26(14-15-27)21-20(17-8-3-2-4-9-17)24-18-10-5-6-11-19(18)25-21/h2-6,8-11,16H,7,12-15H2,1H3/t16-/m1/s1. The molecule has 1 atom stereocenters. The molecule has 1 fully saturated rings. The molecule has 2 heterocycles. The Balaban J connectivity index is 1.72. The number of hydrogen-bond donors (Lipinski definition) is 0. The molecule has 0 bridgehead atoms. The van der Waals surface area contributed by atoms with Crippen LogP contribution in [0.2, 0.25) is 0 Å². The minimum atomic E-state index is -0.494. The summed E-state index contributed by atoms with van der Waals surface area (Å²) < 4.78 is 0. The highest BCUT2D eigenvalue weighted by molar-refractivity contribution is 6.30. The van der Waals surface area contributed by atoms with Crippen LogP contribution in [0.3, 0.4) is 0 Å². The fourth-order valence-electron chi connectivity index (χ4n) is 3.60. The molecule has 3 aromatic rings. The van der Waals surface area contributed by atoms with E-state index in [0.29, 0.717) is 19.6 Å². The molecular formula is C22H23ClN4O. The lowest BCUT2D eigenvalue weighted by molar-refractivity contribution is -0.130. The lowest BCUT2D eigenvalue weighted by Crippen LogP contribution is -2.38. The Bertz CT molecular complexity index is 977. The second kappa shape index (κ2) is 8.15. The average Bonchev–Trinajstić information content (AvgIpc) is 2.99. The molecule has 2 aromatic carbocycles. The van der Waals surface area contributed by atoms with Gasteiger partial charge < -0.3 is 9.80 Å². The molecule has 5 nitrogen and oxygen atoms in total. The number of nitrogens with zero attached hydrogens (tertiary/aromatic N) is 4. The van der Waals surface area contributed by atoms with Crippen LogP contribution in [0.25, 0.3) is 22.3 Å². The molecule has 1 aromatic heterocycles. The largest absolute Gasteiger partial charge is 0.353 e. The molecule has 1 aliphatic heterocycles. The summed E-state index contributed by atoms with van der Waals surface area (Å²) in [6.07, 6.45) is 0.873. The highest BCUT2D eigenvalue weighted by atomic mass is 35.5. The summed E-state index contributed by atoms with van der Waals surface area (Å²) in [5, 5.41) is -0.494. The van der Waals surface area contributed by atoms with Crippen LogP contribution in [-0.4, -0.2) is 52.3 Å². The molecule has 1 saturated heterocycles. The minimum Gasteiger partial charge on any atom is -0.353 e. The summed E-state index contributed by atoms with van der Waals surface area (Å²) in [5.74, 6) is 0.870. The van der Waals surface area contributed by atoms with Crippen molar-refractivity contribution < 1.29 is 4.79 Å². The van der Waals surface area contributed by atoms with Gasteiger partial charge in [-0.15, -0.1) is 11.6 Å². The van der Waals surface area contributed by atoms with Gasteiger partial charge in [-0.25, -0.2) is 9.97 Å². The van der Waals surface area contributed by atoms with Gasteiger partial charge in [0, 0.05) is 31.7 Å². The van der Waals surface area contributed by atoms with Crippen LogP contribution in [0, 0.1) is 0 Å². The first kappa shape index (κ1) is 18.7. The first-order valence-corrected chi connectivity index (χ1v) is 10.1. The zero-order valence-electron chi connectivity index (χ0n) is 15.9. The Hall–Kier alpha value is -2.66. The van der Waals surface area contributed by atoms with Crippen LogP contribution in [0.5, 0.6) is 0 Å². The maximum atomic E-state index is 12.3. The van der Waals surface area contributed by atoms with Crippen LogP contribution in [0.4, 0.5) is 5.82 Å². The van der Waals surface area contributed by atoms with E-state index in [-0.39, 0.29) is 5.91 Å². The number of halogens is 1. The number of para-hydroxylation sites is 2. The van der Waals surface area contributed by atoms with Gasteiger partial charge in [0.15, 0.2) is 5.82 Å². The number of amides is 1. The Morgan fingerprint density at radius 1 is 0.929 bits per heavy atom. The van der Waals surface area contributed by atoms with Gasteiger partial charge in [0.25, 0.3) is 0 Å². The number of carbonyl (C=O) groups excluding carboxylic acids is 1. The first-order chi connectivity index (χ1) is 13.6. The smallest absolute Gasteiger partial charge is 0.240 e. The van der Waals surface area contributed by atoms with E-state index in [1.807, 2.05) is 47.4 Å². The van der Waals surface area contributed by atoms with Crippen molar-refractivity contribution >= 4 is 34.4 Å². The van der Waals surface area contributed by atoms with Crippen LogP contribution >= 0.6 is 11.6 Å². The van der Waals surface area contributed by atoms with Crippen molar-refractivity contribution in [3.63, 3.8) is 0 Å². The van der Waals surface area contributed by atoms with Gasteiger partial charge in [0.2, 0.25) is 5.91 Å². The van der Waals surface area contributed by atoms with E-state index in [1.54, 1.807) is 6.92 Å². The molecular weight excluding hydrogens is 372 g/mol. The zero-order valence-corrected chi connectivity index (χ0v) is 16.6. The van der Waals surface area contributed by atoms with E-state index in [2.05, 4.69) is 17.0 Å². The fraction of sp³-hybridized carbons (Fsp3) is 0.318. The predicted octanol–water partition coefficient (Wildman–Crippen LogP) is 3.96. The van der Waals surface area contributed by atoms with E-state index in [4.69, 9.17) is 21.6 Å². The van der Waals surface area contributed by atoms with Crippen molar-refractivity contribution in [2.75, 3.05) is 31.1 Å². The minimum absolute atomic E-state index is 0.00334. The predicted molar refractivity (Wildman–Crippen MR) is 114 cm³/mol. The van der Waals surface area contributed by atoms with Gasteiger partial charge in [-0.3, -0.25) is 4.79 Å². The summed E-state index contributed by atoms with van der Waals surface area (Å²) in [6.45, 7) is 4.62. The number of alkyl halides is 1. The van der Waals surface area contributed by atoms with Crippen molar-refractivity contribution in [3.05, 3.63) is 54.6 Å². The van der Waals surface area contributed by atoms with Gasteiger partial charge in [-0.2, -0.15) is 0 Å². The Kier molecular flexibility index (Phi) is 5.44. The highest BCUT2D eigenvalue weighted by Gasteiger charge is 2.24. The van der Waals surface area contributed by atoms with Gasteiger partial charge >= 0.3 is 0 Å². The number of aromatic nitrogens is 2. The lowest BCUT2D eigenvalue weighted by Gasteiger charge is -2.25. The monoisotopic (exact) mass is 394 g/mol. The topological polar surface area (TPSA) is 49.3 Å². The summed E-state index contributed by atoms with van der Waals surface area (Å²) in [4.78, 5) is 26.3. The number of fused-ring (bicyclic) bond motifs is 1. The number of anilines is 1. The summed E-state index contributed by atoms with van der Waals surface area (Å²) in [5.41, 5.74) is 3.68. The first-order valence-electron chi connectivity index (χ1n) is 9.63. The fourth-order valence-corrected chi connectivity index (χ4v) is 3.74. The maximum absolute atomic E-state index is 12.3. The van der Waals surface area contributed by atoms with Crippen molar-refractivity contribution in [1.82, 2.24) is 14.9 Å². The molecule has 0 N–H and O–H groups in total. The lowest BCUT2D eigenvalue weighted by atomic mass is 10.1. The van der Waals surface area contributed by atoms with Gasteiger partial charge in [0.05, 0.1) is 11.0 Å². The highest BCUT2D eigenvalue weighted by Crippen LogP contribution is 2.30. The molecule has 28 heavy (non-hydrogen) atoms. The second-order valence-electron chi connectivity index (χ2n) is 7.03. The van der Waals surface area contributed by atoms with Crippen LogP contribution < -0.4 is 4.90 Å². The van der Waals surface area contributed by atoms with Crippen LogP contribution in [0.1, 0.15) is 13.3 Å². The van der Waals surface area contributed by atoms with Crippen molar-refractivity contribution in [3.8, 4) is 11.3 Å². The molecule has 0 radical (unpaired) electrons. The number of hydrogen-bond acceptors (Lipinski definition) is 4. The third kappa shape index (κ3) is 3.80. The van der Waals surface area contributed by atoms with Crippen molar-refractivity contribution in [2.45, 2.75) is 18.7 Å². The summed E-state index contributed by atoms with van der Waals surface area (Å²) >= 11 is 6.01. The van der Waals surface area contributed by atoms with Gasteiger partial charge in [0.1, 0.15) is 11.1 Å². The molecule has 0 aliphatic carbocycles. The third-order valence-electron chi connectivity index (χ3n) is 5.05. The molecule has 0 spiro atoms. The Morgan fingerprint density at radius 3 is 2.32 bits per heavy atom. The van der Waals surface area contributed by atoms with E-state index in [0.717, 1.165) is 41.1 Å². The maximum Gasteiger partial charge on any atom is 0.240 e. The van der Waals surface area contributed by atoms with E-state index in [1.165, 1.54) is 0 Å². The second-order valence-corrected chi connectivity index (χ2v) is 7.69. The molecule has 0 unspecified atom stereocenters. The van der Waals surface area contributed by atoms with Crippen molar-refractivity contribution in [1.29, 1.82) is 0 Å². The van der Waals surface area contributed by atoms with Crippen LogP contribution in [0.15, 0.2) is 54.6 Å². The Morgan fingerprint density at radius 2 is 1.61 bits per heavy atom. The zero-order chi connectivity index (χ0) is 19.5. The quantitative estimate of drug-likeness (QED) is 0.631. The van der Waals surface area contributed by atoms with Crippen molar-refractivity contribution in [2.24, 2.45) is 0 Å². The normalized spacial score (nSPS) is 16.1. The average molecular weight is 395 g/mol. The number of rotatable bonds is 3. The summed E-state index contributed by atoms with van der Waals surface area (Å²) in [6, 6.07) is 18.1. The SMILES string of the molecule is C[C@@H](Cl)C(=O)N1CCCN(c2nc3ccccc3nc2-c2ccccc2)CC1. The van der Waals surface area contributed by atoms with E-state index < -0.39 is 5.38 Å². The molecule has 0 saturated carbocycles. The number of benzene rings is 2. The van der Waals surface area contributed by atoms with E-state index >= 15 is 0 Å².